The SMILES string of the molecule is CN(C)c1ccc(Cc2sc(=S)n(CCCC(=O)O)c2O)cc1. The van der Waals surface area contributed by atoms with E-state index < -0.39 is 5.97 Å². The highest BCUT2D eigenvalue weighted by Crippen LogP contribution is 2.29. The van der Waals surface area contributed by atoms with Crippen molar-refractivity contribution in [2.24, 2.45) is 0 Å². The zero-order valence-corrected chi connectivity index (χ0v) is 14.8. The molecule has 0 atom stereocenters. The van der Waals surface area contributed by atoms with Gasteiger partial charge in [0.1, 0.15) is 0 Å². The van der Waals surface area contributed by atoms with E-state index in [2.05, 4.69) is 0 Å². The van der Waals surface area contributed by atoms with Crippen molar-refractivity contribution in [1.82, 2.24) is 4.57 Å². The van der Waals surface area contributed by atoms with Gasteiger partial charge in [-0.05, 0) is 36.3 Å². The number of thiazole rings is 1. The number of rotatable bonds is 7. The zero-order chi connectivity index (χ0) is 17.0. The van der Waals surface area contributed by atoms with Gasteiger partial charge in [0.15, 0.2) is 3.95 Å². The molecule has 2 N–H and O–H groups in total. The fourth-order valence-corrected chi connectivity index (χ4v) is 3.66. The molecule has 0 aliphatic heterocycles. The molecule has 0 radical (unpaired) electrons. The Hall–Kier alpha value is -1.86. The molecule has 2 rings (SSSR count). The fraction of sp³-hybridized carbons (Fsp3) is 0.375. The predicted molar refractivity (Wildman–Crippen MR) is 95.3 cm³/mol. The number of benzene rings is 1. The maximum atomic E-state index is 10.6. The van der Waals surface area contributed by atoms with E-state index in [4.69, 9.17) is 17.3 Å². The smallest absolute Gasteiger partial charge is 0.303 e. The number of aromatic nitrogens is 1. The Morgan fingerprint density at radius 2 is 1.96 bits per heavy atom. The van der Waals surface area contributed by atoms with Crippen LogP contribution < -0.4 is 4.90 Å². The van der Waals surface area contributed by atoms with Crippen LogP contribution in [0.25, 0.3) is 0 Å². The van der Waals surface area contributed by atoms with Crippen LogP contribution in [0.15, 0.2) is 24.3 Å². The van der Waals surface area contributed by atoms with Crippen molar-refractivity contribution in [3.8, 4) is 5.88 Å². The van der Waals surface area contributed by atoms with E-state index in [1.807, 2.05) is 43.3 Å². The lowest BCUT2D eigenvalue weighted by molar-refractivity contribution is -0.137. The second-order valence-electron chi connectivity index (χ2n) is 5.50. The van der Waals surface area contributed by atoms with Crippen LogP contribution in [0.5, 0.6) is 5.88 Å². The van der Waals surface area contributed by atoms with Crippen molar-refractivity contribution in [1.29, 1.82) is 0 Å². The van der Waals surface area contributed by atoms with Gasteiger partial charge in [0.2, 0.25) is 5.88 Å². The van der Waals surface area contributed by atoms with Gasteiger partial charge < -0.3 is 15.1 Å². The highest BCUT2D eigenvalue weighted by molar-refractivity contribution is 7.73. The molecule has 1 aromatic carbocycles. The third kappa shape index (κ3) is 4.56. The molecule has 0 bridgehead atoms. The van der Waals surface area contributed by atoms with Gasteiger partial charge in [-0.3, -0.25) is 9.36 Å². The summed E-state index contributed by atoms with van der Waals surface area (Å²) in [6.07, 6.45) is 1.13. The minimum atomic E-state index is -0.840. The summed E-state index contributed by atoms with van der Waals surface area (Å²) >= 11 is 6.65. The number of hydrogen-bond donors (Lipinski definition) is 2. The van der Waals surface area contributed by atoms with Crippen molar-refractivity contribution >= 4 is 35.2 Å². The number of nitrogens with zero attached hydrogens (tertiary/aromatic N) is 2. The lowest BCUT2D eigenvalue weighted by atomic mass is 10.1. The molecule has 0 aliphatic carbocycles. The molecule has 5 nitrogen and oxygen atoms in total. The van der Waals surface area contributed by atoms with Gasteiger partial charge in [0.05, 0.1) is 4.88 Å². The Labute approximate surface area is 144 Å². The summed E-state index contributed by atoms with van der Waals surface area (Å²) in [5.74, 6) is -0.686. The van der Waals surface area contributed by atoms with Gasteiger partial charge in [0, 0.05) is 39.2 Å². The Morgan fingerprint density at radius 3 is 2.52 bits per heavy atom. The van der Waals surface area contributed by atoms with Crippen molar-refractivity contribution in [2.45, 2.75) is 25.8 Å². The first kappa shape index (κ1) is 17.5. The molecular weight excluding hydrogens is 332 g/mol. The lowest BCUT2D eigenvalue weighted by Crippen LogP contribution is -2.08. The molecule has 0 spiro atoms. The van der Waals surface area contributed by atoms with E-state index in [-0.39, 0.29) is 12.3 Å². The first-order valence-corrected chi connectivity index (χ1v) is 8.50. The Morgan fingerprint density at radius 1 is 1.30 bits per heavy atom. The molecular formula is C16H20N2O3S2. The summed E-state index contributed by atoms with van der Waals surface area (Å²) in [5, 5.41) is 19.0. The molecule has 1 heterocycles. The van der Waals surface area contributed by atoms with Gasteiger partial charge in [0.25, 0.3) is 0 Å². The standard InChI is InChI=1S/C16H20N2O3S2/c1-17(2)12-7-5-11(6-8-12)10-13-15(21)18(16(22)23-13)9-3-4-14(19)20/h5-8,21H,3-4,9-10H2,1-2H3,(H,19,20). The van der Waals surface area contributed by atoms with Crippen molar-refractivity contribution in [3.05, 3.63) is 38.7 Å². The van der Waals surface area contributed by atoms with E-state index in [0.717, 1.165) is 16.1 Å². The highest BCUT2D eigenvalue weighted by Gasteiger charge is 2.13. The van der Waals surface area contributed by atoms with Crippen LogP contribution >= 0.6 is 23.6 Å². The molecule has 1 aromatic heterocycles. The van der Waals surface area contributed by atoms with Crippen molar-refractivity contribution < 1.29 is 15.0 Å². The monoisotopic (exact) mass is 352 g/mol. The van der Waals surface area contributed by atoms with Gasteiger partial charge in [-0.1, -0.05) is 12.1 Å². The minimum absolute atomic E-state index is 0.0678. The number of aromatic hydroxyl groups is 1. The number of aliphatic carboxylic acids is 1. The molecule has 0 unspecified atom stereocenters. The summed E-state index contributed by atoms with van der Waals surface area (Å²) in [6, 6.07) is 8.14. The lowest BCUT2D eigenvalue weighted by Gasteiger charge is -2.12. The second-order valence-corrected chi connectivity index (χ2v) is 7.23. The van der Waals surface area contributed by atoms with E-state index in [1.54, 1.807) is 4.57 Å². The third-order valence-electron chi connectivity index (χ3n) is 3.53. The molecule has 7 heteroatoms. The minimum Gasteiger partial charge on any atom is -0.494 e. The molecule has 0 amide bonds. The topological polar surface area (TPSA) is 65.7 Å². The predicted octanol–water partition coefficient (Wildman–Crippen LogP) is 3.51. The number of carbonyl (C=O) groups is 1. The second kappa shape index (κ2) is 7.61. The van der Waals surface area contributed by atoms with Crippen LogP contribution in [-0.2, 0) is 17.8 Å². The van der Waals surface area contributed by atoms with Gasteiger partial charge >= 0.3 is 5.97 Å². The van der Waals surface area contributed by atoms with Gasteiger partial charge in [-0.2, -0.15) is 0 Å². The summed E-state index contributed by atoms with van der Waals surface area (Å²) in [4.78, 5) is 13.4. The normalized spacial score (nSPS) is 10.7. The van der Waals surface area contributed by atoms with Crippen LogP contribution in [-0.4, -0.2) is 34.8 Å². The Balaban J connectivity index is 2.11. The van der Waals surface area contributed by atoms with Crippen molar-refractivity contribution in [3.63, 3.8) is 0 Å². The largest absolute Gasteiger partial charge is 0.494 e. The third-order valence-corrected chi connectivity index (χ3v) is 4.96. The molecule has 0 saturated heterocycles. The number of carboxylic acids is 1. The first-order valence-electron chi connectivity index (χ1n) is 7.28. The summed E-state index contributed by atoms with van der Waals surface area (Å²) < 4.78 is 2.19. The molecule has 0 aliphatic rings. The summed E-state index contributed by atoms with van der Waals surface area (Å²) in [6.45, 7) is 0.424. The Bertz CT molecular complexity index is 733. The summed E-state index contributed by atoms with van der Waals surface area (Å²) in [5.41, 5.74) is 2.22. The van der Waals surface area contributed by atoms with E-state index in [1.165, 1.54) is 11.3 Å². The van der Waals surface area contributed by atoms with E-state index in [0.29, 0.717) is 23.3 Å². The number of anilines is 1. The zero-order valence-electron chi connectivity index (χ0n) is 13.2. The average Bonchev–Trinajstić information content (AvgIpc) is 2.75. The van der Waals surface area contributed by atoms with Gasteiger partial charge in [-0.25, -0.2) is 0 Å². The molecule has 124 valence electrons. The maximum Gasteiger partial charge on any atom is 0.303 e. The van der Waals surface area contributed by atoms with E-state index >= 15 is 0 Å². The van der Waals surface area contributed by atoms with Crippen LogP contribution in [0.2, 0.25) is 0 Å². The molecule has 0 fully saturated rings. The van der Waals surface area contributed by atoms with Crippen LogP contribution in [0.1, 0.15) is 23.3 Å². The van der Waals surface area contributed by atoms with Crippen LogP contribution in [0, 0.1) is 3.95 Å². The highest BCUT2D eigenvalue weighted by atomic mass is 32.1. The fourth-order valence-electron chi connectivity index (χ4n) is 2.24. The number of carboxylic acid groups (broad SMARTS) is 1. The van der Waals surface area contributed by atoms with Crippen LogP contribution in [0.3, 0.4) is 0 Å². The maximum absolute atomic E-state index is 10.6. The quantitative estimate of drug-likeness (QED) is 0.747. The van der Waals surface area contributed by atoms with E-state index in [9.17, 15) is 9.90 Å². The van der Waals surface area contributed by atoms with Crippen molar-refractivity contribution in [2.75, 3.05) is 19.0 Å². The molecule has 23 heavy (non-hydrogen) atoms. The molecule has 0 saturated carbocycles. The summed E-state index contributed by atoms with van der Waals surface area (Å²) in [7, 11) is 3.98. The Kier molecular flexibility index (Phi) is 5.79. The average molecular weight is 352 g/mol. The van der Waals surface area contributed by atoms with Crippen LogP contribution in [0.4, 0.5) is 5.69 Å². The number of hydrogen-bond acceptors (Lipinski definition) is 5. The van der Waals surface area contributed by atoms with Gasteiger partial charge in [-0.15, -0.1) is 11.3 Å². The molecule has 2 aromatic rings. The first-order chi connectivity index (χ1) is 10.9.